The van der Waals surface area contributed by atoms with Gasteiger partial charge in [0.05, 0.1) is 7.11 Å². The first-order valence-electron chi connectivity index (χ1n) is 5.76. The van der Waals surface area contributed by atoms with E-state index in [2.05, 4.69) is 15.8 Å². The Bertz CT molecular complexity index is 594. The SMILES string of the molecule is CCC(=O)Nc1ccc(OC)c(NN=C(C#N)C#N)c1. The Hall–Kier alpha value is -3.06. The zero-order chi connectivity index (χ0) is 15.0. The fourth-order valence-corrected chi connectivity index (χ4v) is 1.31. The molecule has 1 rings (SSSR count). The number of hydrazone groups is 1. The number of nitrogens with zero attached hydrogens (tertiary/aromatic N) is 3. The number of anilines is 2. The van der Waals surface area contributed by atoms with E-state index in [-0.39, 0.29) is 11.6 Å². The van der Waals surface area contributed by atoms with Gasteiger partial charge in [-0.15, -0.1) is 0 Å². The number of hydrogen-bond donors (Lipinski definition) is 2. The van der Waals surface area contributed by atoms with Crippen LogP contribution in [0.15, 0.2) is 23.3 Å². The molecule has 1 amide bonds. The summed E-state index contributed by atoms with van der Waals surface area (Å²) in [5.41, 5.74) is 3.25. The predicted molar refractivity (Wildman–Crippen MR) is 74.2 cm³/mol. The number of nitriles is 2. The number of hydrogen-bond acceptors (Lipinski definition) is 6. The van der Waals surface area contributed by atoms with E-state index < -0.39 is 0 Å². The Balaban J connectivity index is 3.01. The minimum atomic E-state index is -0.310. The molecule has 20 heavy (non-hydrogen) atoms. The van der Waals surface area contributed by atoms with Gasteiger partial charge in [0.1, 0.15) is 23.6 Å². The molecule has 0 bridgehead atoms. The second-order valence-corrected chi connectivity index (χ2v) is 3.61. The standard InChI is InChI=1S/C13H13N5O2/c1-3-13(19)16-9-4-5-12(20-2)11(6-9)18-17-10(7-14)8-15/h4-6,18H,3H2,1-2H3,(H,16,19). The van der Waals surface area contributed by atoms with Gasteiger partial charge in [-0.3, -0.25) is 10.2 Å². The molecule has 0 aliphatic heterocycles. The molecular formula is C13H13N5O2. The van der Waals surface area contributed by atoms with Crippen molar-refractivity contribution in [3.63, 3.8) is 0 Å². The Morgan fingerprint density at radius 1 is 1.40 bits per heavy atom. The minimum Gasteiger partial charge on any atom is -0.495 e. The largest absolute Gasteiger partial charge is 0.495 e. The van der Waals surface area contributed by atoms with Crippen molar-refractivity contribution >= 4 is 23.0 Å². The fraction of sp³-hybridized carbons (Fsp3) is 0.231. The van der Waals surface area contributed by atoms with Gasteiger partial charge < -0.3 is 10.1 Å². The van der Waals surface area contributed by atoms with Crippen molar-refractivity contribution < 1.29 is 9.53 Å². The zero-order valence-corrected chi connectivity index (χ0v) is 11.1. The molecule has 0 radical (unpaired) electrons. The summed E-state index contributed by atoms with van der Waals surface area (Å²) in [6.45, 7) is 1.74. The first-order valence-corrected chi connectivity index (χ1v) is 5.76. The zero-order valence-electron chi connectivity index (χ0n) is 11.1. The van der Waals surface area contributed by atoms with E-state index in [0.29, 0.717) is 23.5 Å². The lowest BCUT2D eigenvalue weighted by Gasteiger charge is -2.10. The molecule has 0 heterocycles. The third-order valence-corrected chi connectivity index (χ3v) is 2.30. The maximum atomic E-state index is 11.3. The number of nitrogens with one attached hydrogen (secondary N) is 2. The van der Waals surface area contributed by atoms with Crippen LogP contribution in [0.3, 0.4) is 0 Å². The lowest BCUT2D eigenvalue weighted by molar-refractivity contribution is -0.115. The molecule has 0 saturated heterocycles. The third kappa shape index (κ3) is 4.00. The first kappa shape index (κ1) is 15.0. The van der Waals surface area contributed by atoms with Gasteiger partial charge in [0.25, 0.3) is 0 Å². The van der Waals surface area contributed by atoms with E-state index >= 15 is 0 Å². The van der Waals surface area contributed by atoms with Gasteiger partial charge in [-0.05, 0) is 18.2 Å². The van der Waals surface area contributed by atoms with E-state index in [9.17, 15) is 4.79 Å². The topological polar surface area (TPSA) is 110 Å². The number of rotatable bonds is 5. The van der Waals surface area contributed by atoms with E-state index in [1.807, 2.05) is 0 Å². The average molecular weight is 271 g/mol. The molecule has 0 aliphatic carbocycles. The number of benzene rings is 1. The molecule has 0 aliphatic rings. The minimum absolute atomic E-state index is 0.126. The summed E-state index contributed by atoms with van der Waals surface area (Å²) in [6, 6.07) is 8.18. The van der Waals surface area contributed by atoms with Crippen LogP contribution in [0.25, 0.3) is 0 Å². The second kappa shape index (κ2) is 7.39. The number of methoxy groups -OCH3 is 1. The van der Waals surface area contributed by atoms with Gasteiger partial charge >= 0.3 is 0 Å². The molecular weight excluding hydrogens is 258 g/mol. The molecule has 0 aromatic heterocycles. The Kier molecular flexibility index (Phi) is 5.54. The van der Waals surface area contributed by atoms with Crippen LogP contribution in [0.4, 0.5) is 11.4 Å². The van der Waals surface area contributed by atoms with Crippen molar-refractivity contribution in [3.8, 4) is 17.9 Å². The van der Waals surface area contributed by atoms with Gasteiger partial charge in [0.15, 0.2) is 0 Å². The summed E-state index contributed by atoms with van der Waals surface area (Å²) < 4.78 is 5.12. The van der Waals surface area contributed by atoms with Gasteiger partial charge in [-0.1, -0.05) is 6.92 Å². The summed E-state index contributed by atoms with van der Waals surface area (Å²) in [7, 11) is 1.48. The second-order valence-electron chi connectivity index (χ2n) is 3.61. The summed E-state index contributed by atoms with van der Waals surface area (Å²) >= 11 is 0. The van der Waals surface area contributed by atoms with E-state index in [0.717, 1.165) is 0 Å². The van der Waals surface area contributed by atoms with Crippen molar-refractivity contribution in [2.24, 2.45) is 5.10 Å². The van der Waals surface area contributed by atoms with Crippen LogP contribution in [0, 0.1) is 22.7 Å². The lowest BCUT2D eigenvalue weighted by Crippen LogP contribution is -2.09. The quantitative estimate of drug-likeness (QED) is 0.627. The highest BCUT2D eigenvalue weighted by Gasteiger charge is 2.06. The lowest BCUT2D eigenvalue weighted by atomic mass is 10.2. The van der Waals surface area contributed by atoms with Crippen LogP contribution < -0.4 is 15.5 Å². The van der Waals surface area contributed by atoms with Gasteiger partial charge in [-0.2, -0.15) is 15.6 Å². The third-order valence-electron chi connectivity index (χ3n) is 2.30. The number of amides is 1. The summed E-state index contributed by atoms with van der Waals surface area (Å²) in [5.74, 6) is 0.345. The summed E-state index contributed by atoms with van der Waals surface area (Å²) in [5, 5.41) is 23.5. The summed E-state index contributed by atoms with van der Waals surface area (Å²) in [4.78, 5) is 11.3. The van der Waals surface area contributed by atoms with Gasteiger partial charge in [0, 0.05) is 12.1 Å². The maximum absolute atomic E-state index is 11.3. The molecule has 1 aromatic carbocycles. The van der Waals surface area contributed by atoms with Crippen molar-refractivity contribution in [1.29, 1.82) is 10.5 Å². The van der Waals surface area contributed by atoms with Crippen molar-refractivity contribution in [2.75, 3.05) is 17.9 Å². The van der Waals surface area contributed by atoms with Crippen LogP contribution in [-0.4, -0.2) is 18.7 Å². The normalized spacial score (nSPS) is 8.80. The van der Waals surface area contributed by atoms with E-state index in [4.69, 9.17) is 15.3 Å². The highest BCUT2D eigenvalue weighted by molar-refractivity contribution is 6.10. The molecule has 0 saturated carbocycles. The molecule has 2 N–H and O–H groups in total. The molecule has 1 aromatic rings. The smallest absolute Gasteiger partial charge is 0.237 e. The Morgan fingerprint density at radius 3 is 2.65 bits per heavy atom. The maximum Gasteiger partial charge on any atom is 0.237 e. The molecule has 7 nitrogen and oxygen atoms in total. The van der Waals surface area contributed by atoms with Gasteiger partial charge in [-0.25, -0.2) is 0 Å². The van der Waals surface area contributed by atoms with E-state index in [1.54, 1.807) is 37.3 Å². The number of ether oxygens (including phenoxy) is 1. The monoisotopic (exact) mass is 271 g/mol. The average Bonchev–Trinajstić information content (AvgIpc) is 2.48. The van der Waals surface area contributed by atoms with Crippen LogP contribution in [0.1, 0.15) is 13.3 Å². The van der Waals surface area contributed by atoms with Crippen molar-refractivity contribution in [2.45, 2.75) is 13.3 Å². The van der Waals surface area contributed by atoms with Crippen molar-refractivity contribution in [1.82, 2.24) is 0 Å². The van der Waals surface area contributed by atoms with Gasteiger partial charge in [0.2, 0.25) is 11.6 Å². The summed E-state index contributed by atoms with van der Waals surface area (Å²) in [6.07, 6.45) is 0.361. The molecule has 0 spiro atoms. The van der Waals surface area contributed by atoms with Crippen molar-refractivity contribution in [3.05, 3.63) is 18.2 Å². The highest BCUT2D eigenvalue weighted by Crippen LogP contribution is 2.27. The van der Waals surface area contributed by atoms with Crippen LogP contribution in [-0.2, 0) is 4.79 Å². The van der Waals surface area contributed by atoms with Crippen LogP contribution in [0.5, 0.6) is 5.75 Å². The Morgan fingerprint density at radius 2 is 2.10 bits per heavy atom. The molecule has 0 fully saturated rings. The molecule has 0 unspecified atom stereocenters. The number of carbonyl (C=O) groups excluding carboxylic acids is 1. The molecule has 102 valence electrons. The fourth-order valence-electron chi connectivity index (χ4n) is 1.31. The predicted octanol–water partition coefficient (Wildman–Crippen LogP) is 1.86. The Labute approximate surface area is 116 Å². The first-order chi connectivity index (χ1) is 9.64. The van der Waals surface area contributed by atoms with Crippen LogP contribution in [0.2, 0.25) is 0 Å². The van der Waals surface area contributed by atoms with E-state index in [1.165, 1.54) is 7.11 Å². The molecule has 0 atom stereocenters. The highest BCUT2D eigenvalue weighted by atomic mass is 16.5. The van der Waals surface area contributed by atoms with Crippen LogP contribution >= 0.6 is 0 Å². The molecule has 7 heteroatoms. The number of carbonyl (C=O) groups is 1.